The first-order valence-corrected chi connectivity index (χ1v) is 8.85. The van der Waals surface area contributed by atoms with Crippen molar-refractivity contribution in [1.82, 2.24) is 15.5 Å². The highest BCUT2D eigenvalue weighted by Gasteiger charge is 2.19. The lowest BCUT2D eigenvalue weighted by atomic mass is 10.2. The van der Waals surface area contributed by atoms with Gasteiger partial charge in [-0.25, -0.2) is 4.79 Å². The highest BCUT2D eigenvalue weighted by molar-refractivity contribution is 5.96. The summed E-state index contributed by atoms with van der Waals surface area (Å²) in [5, 5.41) is 14.1. The maximum atomic E-state index is 12.2. The van der Waals surface area contributed by atoms with Gasteiger partial charge in [-0.15, -0.1) is 10.2 Å². The number of rotatable bonds is 6. The molecule has 136 valence electrons. The molecule has 1 fully saturated rings. The van der Waals surface area contributed by atoms with Crippen molar-refractivity contribution in [3.8, 4) is 0 Å². The second-order valence-corrected chi connectivity index (χ2v) is 6.15. The van der Waals surface area contributed by atoms with Crippen LogP contribution in [0.15, 0.2) is 36.4 Å². The van der Waals surface area contributed by atoms with Crippen LogP contribution in [-0.2, 0) is 4.74 Å². The van der Waals surface area contributed by atoms with Crippen molar-refractivity contribution >= 4 is 23.4 Å². The number of ether oxygens (including phenoxy) is 1. The molecule has 2 N–H and O–H groups in total. The fourth-order valence-corrected chi connectivity index (χ4v) is 2.97. The second kappa shape index (κ2) is 8.42. The van der Waals surface area contributed by atoms with Gasteiger partial charge in [0.05, 0.1) is 17.9 Å². The molecular weight excluding hydrogens is 332 g/mol. The SMILES string of the molecule is CCOC(=O)c1ccccc1Nc1ccc(C(=O)NC2CCCC2)nn1. The molecule has 7 nitrogen and oxygen atoms in total. The van der Waals surface area contributed by atoms with Gasteiger partial charge in [-0.05, 0) is 44.0 Å². The number of hydrogen-bond acceptors (Lipinski definition) is 6. The maximum Gasteiger partial charge on any atom is 0.340 e. The lowest BCUT2D eigenvalue weighted by Gasteiger charge is -2.12. The Kier molecular flexibility index (Phi) is 5.78. The van der Waals surface area contributed by atoms with Crippen LogP contribution >= 0.6 is 0 Å². The van der Waals surface area contributed by atoms with Crippen molar-refractivity contribution in [2.75, 3.05) is 11.9 Å². The molecule has 1 aromatic carbocycles. The van der Waals surface area contributed by atoms with Gasteiger partial charge in [0.2, 0.25) is 0 Å². The predicted molar refractivity (Wildman–Crippen MR) is 97.4 cm³/mol. The largest absolute Gasteiger partial charge is 0.462 e. The van der Waals surface area contributed by atoms with E-state index in [1.54, 1.807) is 37.3 Å². The zero-order valence-electron chi connectivity index (χ0n) is 14.7. The topological polar surface area (TPSA) is 93.2 Å². The van der Waals surface area contributed by atoms with Crippen LogP contribution < -0.4 is 10.6 Å². The molecule has 3 rings (SSSR count). The minimum atomic E-state index is -0.406. The summed E-state index contributed by atoms with van der Waals surface area (Å²) in [4.78, 5) is 24.2. The minimum absolute atomic E-state index is 0.206. The summed E-state index contributed by atoms with van der Waals surface area (Å²) in [6.07, 6.45) is 4.34. The van der Waals surface area contributed by atoms with Gasteiger partial charge < -0.3 is 15.4 Å². The summed E-state index contributed by atoms with van der Waals surface area (Å²) in [5.74, 6) is -0.168. The molecule has 7 heteroatoms. The van der Waals surface area contributed by atoms with E-state index in [4.69, 9.17) is 4.74 Å². The molecule has 2 aromatic rings. The number of hydrogen-bond donors (Lipinski definition) is 2. The van der Waals surface area contributed by atoms with Gasteiger partial charge in [0.25, 0.3) is 5.91 Å². The number of benzene rings is 1. The van der Waals surface area contributed by atoms with Crippen LogP contribution in [0, 0.1) is 0 Å². The third-order valence-corrected chi connectivity index (χ3v) is 4.27. The Balaban J connectivity index is 1.68. The number of nitrogens with one attached hydrogen (secondary N) is 2. The van der Waals surface area contributed by atoms with Crippen molar-refractivity contribution in [3.63, 3.8) is 0 Å². The van der Waals surface area contributed by atoms with E-state index in [1.165, 1.54) is 0 Å². The minimum Gasteiger partial charge on any atom is -0.462 e. The molecule has 1 aliphatic rings. The quantitative estimate of drug-likeness (QED) is 0.775. The van der Waals surface area contributed by atoms with Crippen molar-refractivity contribution < 1.29 is 14.3 Å². The van der Waals surface area contributed by atoms with Crippen LogP contribution in [0.3, 0.4) is 0 Å². The first kappa shape index (κ1) is 17.8. The number of anilines is 2. The monoisotopic (exact) mass is 354 g/mol. The van der Waals surface area contributed by atoms with Crippen molar-refractivity contribution in [2.24, 2.45) is 0 Å². The molecule has 0 saturated heterocycles. The Morgan fingerprint density at radius 1 is 1.12 bits per heavy atom. The average molecular weight is 354 g/mol. The first-order chi connectivity index (χ1) is 12.7. The van der Waals surface area contributed by atoms with Gasteiger partial charge in [0.1, 0.15) is 0 Å². The molecule has 0 atom stereocenters. The van der Waals surface area contributed by atoms with Gasteiger partial charge in [-0.2, -0.15) is 0 Å². The Hall–Kier alpha value is -2.96. The summed E-state index contributed by atoms with van der Waals surface area (Å²) in [7, 11) is 0. The maximum absolute atomic E-state index is 12.2. The van der Waals surface area contributed by atoms with E-state index in [9.17, 15) is 9.59 Å². The van der Waals surface area contributed by atoms with Crippen LogP contribution in [0.4, 0.5) is 11.5 Å². The molecule has 0 bridgehead atoms. The zero-order chi connectivity index (χ0) is 18.4. The number of para-hydroxylation sites is 1. The highest BCUT2D eigenvalue weighted by Crippen LogP contribution is 2.21. The Morgan fingerprint density at radius 3 is 2.58 bits per heavy atom. The third-order valence-electron chi connectivity index (χ3n) is 4.27. The van der Waals surface area contributed by atoms with E-state index in [1.807, 2.05) is 6.07 Å². The molecule has 1 saturated carbocycles. The van der Waals surface area contributed by atoms with Crippen LogP contribution in [-0.4, -0.2) is 34.7 Å². The average Bonchev–Trinajstić information content (AvgIpc) is 3.16. The number of carbonyl (C=O) groups is 2. The third kappa shape index (κ3) is 4.36. The Labute approximate surface area is 152 Å². The molecule has 1 aromatic heterocycles. The molecule has 1 amide bonds. The summed E-state index contributed by atoms with van der Waals surface area (Å²) in [5.41, 5.74) is 1.27. The van der Waals surface area contributed by atoms with Gasteiger partial charge >= 0.3 is 5.97 Å². The molecule has 1 aliphatic carbocycles. The van der Waals surface area contributed by atoms with E-state index in [2.05, 4.69) is 20.8 Å². The van der Waals surface area contributed by atoms with Gasteiger partial charge in [-0.1, -0.05) is 25.0 Å². The Bertz CT molecular complexity index is 771. The molecule has 0 unspecified atom stereocenters. The highest BCUT2D eigenvalue weighted by atomic mass is 16.5. The van der Waals surface area contributed by atoms with Crippen LogP contribution in [0.5, 0.6) is 0 Å². The first-order valence-electron chi connectivity index (χ1n) is 8.85. The summed E-state index contributed by atoms with van der Waals surface area (Å²) in [6.45, 7) is 2.06. The van der Waals surface area contributed by atoms with E-state index in [0.717, 1.165) is 25.7 Å². The van der Waals surface area contributed by atoms with Gasteiger partial charge in [0, 0.05) is 6.04 Å². The van der Waals surface area contributed by atoms with E-state index < -0.39 is 5.97 Å². The molecular formula is C19H22N4O3. The molecule has 1 heterocycles. The summed E-state index contributed by atoms with van der Waals surface area (Å²) < 4.78 is 5.05. The van der Waals surface area contributed by atoms with Crippen molar-refractivity contribution in [3.05, 3.63) is 47.7 Å². The van der Waals surface area contributed by atoms with Crippen LogP contribution in [0.1, 0.15) is 53.5 Å². The van der Waals surface area contributed by atoms with E-state index in [0.29, 0.717) is 23.7 Å². The number of aromatic nitrogens is 2. The fourth-order valence-electron chi connectivity index (χ4n) is 2.97. The van der Waals surface area contributed by atoms with Crippen LogP contribution in [0.25, 0.3) is 0 Å². The number of carbonyl (C=O) groups excluding carboxylic acids is 2. The van der Waals surface area contributed by atoms with E-state index in [-0.39, 0.29) is 17.6 Å². The lowest BCUT2D eigenvalue weighted by molar-refractivity contribution is 0.0527. The molecule has 0 radical (unpaired) electrons. The smallest absolute Gasteiger partial charge is 0.340 e. The fraction of sp³-hybridized carbons (Fsp3) is 0.368. The lowest BCUT2D eigenvalue weighted by Crippen LogP contribution is -2.33. The number of esters is 1. The van der Waals surface area contributed by atoms with Crippen molar-refractivity contribution in [2.45, 2.75) is 38.6 Å². The normalized spacial score (nSPS) is 14.0. The zero-order valence-corrected chi connectivity index (χ0v) is 14.7. The molecule has 0 spiro atoms. The summed E-state index contributed by atoms with van der Waals surface area (Å²) >= 11 is 0. The van der Waals surface area contributed by atoms with E-state index >= 15 is 0 Å². The van der Waals surface area contributed by atoms with Gasteiger partial charge in [0.15, 0.2) is 11.5 Å². The van der Waals surface area contributed by atoms with Crippen molar-refractivity contribution in [1.29, 1.82) is 0 Å². The molecule has 0 aliphatic heterocycles. The summed E-state index contributed by atoms with van der Waals surface area (Å²) in [6, 6.07) is 10.5. The standard InChI is InChI=1S/C19H22N4O3/c1-2-26-19(25)14-9-5-6-10-15(14)21-17-12-11-16(22-23-17)18(24)20-13-7-3-4-8-13/h5-6,9-13H,2-4,7-8H2,1H3,(H,20,24)(H,21,23). The second-order valence-electron chi connectivity index (χ2n) is 6.15. The molecule has 26 heavy (non-hydrogen) atoms. The van der Waals surface area contributed by atoms with Crippen LogP contribution in [0.2, 0.25) is 0 Å². The number of amides is 1. The Morgan fingerprint density at radius 2 is 1.88 bits per heavy atom. The number of nitrogens with zero attached hydrogens (tertiary/aromatic N) is 2. The van der Waals surface area contributed by atoms with Gasteiger partial charge in [-0.3, -0.25) is 4.79 Å². The predicted octanol–water partition coefficient (Wildman–Crippen LogP) is 3.07.